The van der Waals surface area contributed by atoms with E-state index in [0.29, 0.717) is 10.9 Å². The minimum atomic E-state index is -0.276. The molecule has 0 atom stereocenters. The number of hydrogen-bond donors (Lipinski definition) is 2. The Bertz CT molecular complexity index is 723. The zero-order valence-corrected chi connectivity index (χ0v) is 13.2. The molecule has 1 saturated heterocycles. The van der Waals surface area contributed by atoms with Gasteiger partial charge in [-0.05, 0) is 19.2 Å². The third-order valence-electron chi connectivity index (χ3n) is 3.74. The second-order valence-electron chi connectivity index (χ2n) is 5.32. The number of halogens is 1. The lowest BCUT2D eigenvalue weighted by Crippen LogP contribution is -2.52. The third kappa shape index (κ3) is 3.47. The van der Waals surface area contributed by atoms with Crippen LogP contribution in [0.15, 0.2) is 35.1 Å². The number of carbonyl (C=O) groups is 1. The fourth-order valence-electron chi connectivity index (χ4n) is 2.44. The van der Waals surface area contributed by atoms with Gasteiger partial charge in [-0.3, -0.25) is 15.0 Å². The number of benzene rings is 1. The molecular formula is C15H19ClN4O2. The van der Waals surface area contributed by atoms with E-state index in [0.717, 1.165) is 26.2 Å². The Morgan fingerprint density at radius 3 is 2.59 bits per heavy atom. The first-order chi connectivity index (χ1) is 10.1. The molecule has 2 aromatic rings. The lowest BCUT2D eigenvalue weighted by atomic mass is 10.2. The smallest absolute Gasteiger partial charge is 0.282 e. The van der Waals surface area contributed by atoms with Crippen LogP contribution in [0, 0.1) is 0 Å². The molecular weight excluding hydrogens is 304 g/mol. The van der Waals surface area contributed by atoms with Crippen LogP contribution < -0.4 is 10.9 Å². The maximum Gasteiger partial charge on any atom is 0.282 e. The minimum Gasteiger partial charge on any atom is -0.350 e. The number of rotatable bonds is 2. The minimum absolute atomic E-state index is 0. The van der Waals surface area contributed by atoms with E-state index in [1.165, 1.54) is 6.07 Å². The van der Waals surface area contributed by atoms with Crippen molar-refractivity contribution >= 4 is 29.2 Å². The molecule has 7 heteroatoms. The Balaban J connectivity index is 0.00000176. The molecule has 1 aliphatic heterocycles. The number of nitrogens with zero attached hydrogens (tertiary/aromatic N) is 2. The number of pyridine rings is 1. The first-order valence-corrected chi connectivity index (χ1v) is 7.00. The standard InChI is InChI=1S/C15H18N4O2.ClH/c1-18-6-8-19(9-7-18)17-15(21)13-10-14(20)11-4-2-3-5-12(11)16-13;/h2-5,10H,6-9H2,1H3,(H,16,20)(H,17,21);1H. The van der Waals surface area contributed by atoms with Gasteiger partial charge in [-0.15, -0.1) is 12.4 Å². The summed E-state index contributed by atoms with van der Waals surface area (Å²) < 4.78 is 0. The van der Waals surface area contributed by atoms with Crippen LogP contribution in [0.4, 0.5) is 0 Å². The molecule has 1 amide bonds. The summed E-state index contributed by atoms with van der Waals surface area (Å²) in [7, 11) is 2.06. The van der Waals surface area contributed by atoms with Crippen LogP contribution in [-0.4, -0.2) is 54.0 Å². The van der Waals surface area contributed by atoms with Crippen LogP contribution >= 0.6 is 12.4 Å². The number of hydrogen-bond acceptors (Lipinski definition) is 4. The largest absolute Gasteiger partial charge is 0.350 e. The maximum absolute atomic E-state index is 12.3. The second-order valence-corrected chi connectivity index (χ2v) is 5.32. The molecule has 2 heterocycles. The molecule has 0 unspecified atom stereocenters. The molecule has 22 heavy (non-hydrogen) atoms. The fraction of sp³-hybridized carbons (Fsp3) is 0.333. The van der Waals surface area contributed by atoms with E-state index in [4.69, 9.17) is 0 Å². The summed E-state index contributed by atoms with van der Waals surface area (Å²) in [6.07, 6.45) is 0. The number of fused-ring (bicyclic) bond motifs is 1. The molecule has 0 saturated carbocycles. The van der Waals surface area contributed by atoms with Gasteiger partial charge in [0.25, 0.3) is 5.91 Å². The summed E-state index contributed by atoms with van der Waals surface area (Å²) in [4.78, 5) is 29.5. The average molecular weight is 323 g/mol. The van der Waals surface area contributed by atoms with Gasteiger partial charge < -0.3 is 9.88 Å². The normalized spacial score (nSPS) is 16.2. The molecule has 118 valence electrons. The number of nitrogens with one attached hydrogen (secondary N) is 2. The van der Waals surface area contributed by atoms with Crippen molar-refractivity contribution in [2.24, 2.45) is 0 Å². The molecule has 1 aliphatic rings. The van der Waals surface area contributed by atoms with Gasteiger partial charge in [-0.2, -0.15) is 0 Å². The molecule has 6 nitrogen and oxygen atoms in total. The number of amides is 1. The van der Waals surface area contributed by atoms with Crippen LogP contribution in [0.2, 0.25) is 0 Å². The van der Waals surface area contributed by atoms with E-state index >= 15 is 0 Å². The number of hydrazine groups is 1. The molecule has 0 spiro atoms. The van der Waals surface area contributed by atoms with Crippen molar-refractivity contribution in [1.82, 2.24) is 20.3 Å². The number of piperazine rings is 1. The van der Waals surface area contributed by atoms with Crippen LogP contribution in [0.25, 0.3) is 10.9 Å². The average Bonchev–Trinajstić information content (AvgIpc) is 2.49. The van der Waals surface area contributed by atoms with Crippen molar-refractivity contribution in [1.29, 1.82) is 0 Å². The summed E-state index contributed by atoms with van der Waals surface area (Å²) in [5.41, 5.74) is 3.66. The molecule has 1 fully saturated rings. The Kier molecular flexibility index (Phi) is 5.18. The molecule has 0 aliphatic carbocycles. The van der Waals surface area contributed by atoms with Gasteiger partial charge in [-0.1, -0.05) is 12.1 Å². The highest BCUT2D eigenvalue weighted by Gasteiger charge is 2.17. The van der Waals surface area contributed by atoms with Crippen molar-refractivity contribution in [2.75, 3.05) is 33.2 Å². The summed E-state index contributed by atoms with van der Waals surface area (Å²) in [6, 6.07) is 8.54. The zero-order valence-electron chi connectivity index (χ0n) is 12.3. The van der Waals surface area contributed by atoms with E-state index in [2.05, 4.69) is 22.4 Å². The highest BCUT2D eigenvalue weighted by atomic mass is 35.5. The molecule has 0 radical (unpaired) electrons. The highest BCUT2D eigenvalue weighted by molar-refractivity contribution is 5.94. The number of aromatic amines is 1. The Morgan fingerprint density at radius 1 is 1.18 bits per heavy atom. The first kappa shape index (κ1) is 16.5. The van der Waals surface area contributed by atoms with Gasteiger partial charge in [-0.25, -0.2) is 5.01 Å². The van der Waals surface area contributed by atoms with E-state index in [-0.39, 0.29) is 29.4 Å². The van der Waals surface area contributed by atoms with E-state index in [1.54, 1.807) is 12.1 Å². The van der Waals surface area contributed by atoms with Gasteiger partial charge in [0, 0.05) is 43.1 Å². The number of carbonyl (C=O) groups excluding carboxylic acids is 1. The lowest BCUT2D eigenvalue weighted by molar-refractivity contribution is 0.0658. The number of H-pyrrole nitrogens is 1. The summed E-state index contributed by atoms with van der Waals surface area (Å²) in [6.45, 7) is 3.38. The van der Waals surface area contributed by atoms with E-state index in [1.807, 2.05) is 17.1 Å². The Labute approximate surface area is 134 Å². The molecule has 0 bridgehead atoms. The number of aromatic nitrogens is 1. The topological polar surface area (TPSA) is 68.4 Å². The second kappa shape index (κ2) is 6.91. The van der Waals surface area contributed by atoms with Crippen LogP contribution in [0.5, 0.6) is 0 Å². The third-order valence-corrected chi connectivity index (χ3v) is 3.74. The Morgan fingerprint density at radius 2 is 1.86 bits per heavy atom. The van der Waals surface area contributed by atoms with Gasteiger partial charge in [0.1, 0.15) is 5.69 Å². The molecule has 1 aromatic heterocycles. The fourth-order valence-corrected chi connectivity index (χ4v) is 2.44. The predicted molar refractivity (Wildman–Crippen MR) is 88.4 cm³/mol. The van der Waals surface area contributed by atoms with Crippen molar-refractivity contribution in [3.05, 3.63) is 46.2 Å². The van der Waals surface area contributed by atoms with Crippen molar-refractivity contribution in [2.45, 2.75) is 0 Å². The SMILES string of the molecule is CN1CCN(NC(=O)c2cc(=O)c3ccccc3[nH]2)CC1.Cl. The highest BCUT2D eigenvalue weighted by Crippen LogP contribution is 2.07. The monoisotopic (exact) mass is 322 g/mol. The summed E-state index contributed by atoms with van der Waals surface area (Å²) >= 11 is 0. The van der Waals surface area contributed by atoms with Gasteiger partial charge in [0.15, 0.2) is 5.43 Å². The van der Waals surface area contributed by atoms with E-state index in [9.17, 15) is 9.59 Å². The van der Waals surface area contributed by atoms with Gasteiger partial charge >= 0.3 is 0 Å². The number of para-hydroxylation sites is 1. The van der Waals surface area contributed by atoms with Crippen LogP contribution in [0.1, 0.15) is 10.5 Å². The molecule has 1 aromatic carbocycles. The number of likely N-dealkylation sites (N-methyl/N-ethyl adjacent to an activating group) is 1. The Hall–Kier alpha value is -1.89. The van der Waals surface area contributed by atoms with Crippen molar-refractivity contribution in [3.8, 4) is 0 Å². The quantitative estimate of drug-likeness (QED) is 0.860. The van der Waals surface area contributed by atoms with Crippen LogP contribution in [0.3, 0.4) is 0 Å². The summed E-state index contributed by atoms with van der Waals surface area (Å²) in [5.74, 6) is -0.276. The maximum atomic E-state index is 12.3. The lowest BCUT2D eigenvalue weighted by Gasteiger charge is -2.32. The van der Waals surface area contributed by atoms with Crippen molar-refractivity contribution in [3.63, 3.8) is 0 Å². The predicted octanol–water partition coefficient (Wildman–Crippen LogP) is 0.842. The van der Waals surface area contributed by atoms with Gasteiger partial charge in [0.2, 0.25) is 0 Å². The first-order valence-electron chi connectivity index (χ1n) is 7.00. The molecule has 3 rings (SSSR count). The zero-order chi connectivity index (χ0) is 14.8. The summed E-state index contributed by atoms with van der Waals surface area (Å²) in [5, 5.41) is 2.48. The molecule has 2 N–H and O–H groups in total. The van der Waals surface area contributed by atoms with Crippen LogP contribution in [-0.2, 0) is 0 Å². The van der Waals surface area contributed by atoms with Crippen molar-refractivity contribution < 1.29 is 4.79 Å². The van der Waals surface area contributed by atoms with Gasteiger partial charge in [0.05, 0.1) is 0 Å². The van der Waals surface area contributed by atoms with E-state index < -0.39 is 0 Å².